The number of hydrazine groups is 1. The van der Waals surface area contributed by atoms with Crippen LogP contribution in [0.4, 0.5) is 4.79 Å². The van der Waals surface area contributed by atoms with Crippen LogP contribution in [-0.2, 0) is 41.6 Å². The molecule has 3 unspecified atom stereocenters. The highest BCUT2D eigenvalue weighted by atomic mass is 32.1. The number of ether oxygens (including phenoxy) is 2. The second-order valence-electron chi connectivity index (χ2n) is 19.9. The largest absolute Gasteiger partial charge is 0.464 e. The molecular weight excluding hydrogens is 899 g/mol. The van der Waals surface area contributed by atoms with E-state index in [1.165, 1.54) is 27.3 Å². The molecule has 3 aromatic heterocycles. The minimum absolute atomic E-state index is 0.0852. The number of likely N-dealkylation sites (tertiary alicyclic amines) is 1. The van der Waals surface area contributed by atoms with Gasteiger partial charge in [-0.3, -0.25) is 34.1 Å². The number of hydrogen-bond donors (Lipinski definition) is 2. The number of carbonyl (C=O) groups excluding carboxylic acids is 5. The molecule has 9 rings (SSSR count). The van der Waals surface area contributed by atoms with Crippen LogP contribution in [0, 0.1) is 11.3 Å². The van der Waals surface area contributed by atoms with E-state index in [1.807, 2.05) is 18.4 Å². The Hall–Kier alpha value is -5.69. The van der Waals surface area contributed by atoms with E-state index >= 15 is 0 Å². The zero-order chi connectivity index (χ0) is 48.6. The minimum atomic E-state index is -0.774. The Morgan fingerprint density at radius 2 is 1.94 bits per heavy atom. The smallest absolute Gasteiger partial charge is 0.324 e. The molecule has 6 bridgehead atoms. The van der Waals surface area contributed by atoms with Crippen molar-refractivity contribution in [2.45, 2.75) is 109 Å². The summed E-state index contributed by atoms with van der Waals surface area (Å²) in [6, 6.07) is 9.21. The minimum Gasteiger partial charge on any atom is -0.464 e. The van der Waals surface area contributed by atoms with Gasteiger partial charge in [0.05, 0.1) is 40.3 Å². The molecule has 2 N–H and O–H groups in total. The molecule has 6 heterocycles. The maximum absolute atomic E-state index is 14.7. The Kier molecular flexibility index (Phi) is 12.5. The van der Waals surface area contributed by atoms with Gasteiger partial charge < -0.3 is 28.8 Å². The molecule has 2 aliphatic carbocycles. The summed E-state index contributed by atoms with van der Waals surface area (Å²) in [5.41, 5.74) is 8.97. The van der Waals surface area contributed by atoms with Crippen molar-refractivity contribution in [1.29, 1.82) is 0 Å². The summed E-state index contributed by atoms with van der Waals surface area (Å²) in [5.74, 6) is -1.56. The van der Waals surface area contributed by atoms with Gasteiger partial charge in [-0.1, -0.05) is 26.5 Å². The number of cyclic esters (lactones) is 1. The molecule has 3 fully saturated rings. The summed E-state index contributed by atoms with van der Waals surface area (Å²) in [4.78, 5) is 87.8. The fourth-order valence-corrected chi connectivity index (χ4v) is 13.3. The first-order chi connectivity index (χ1) is 32.4. The Bertz CT molecular complexity index is 2760. The van der Waals surface area contributed by atoms with Crippen molar-refractivity contribution in [2.24, 2.45) is 11.3 Å². The number of esters is 1. The van der Waals surface area contributed by atoms with Crippen molar-refractivity contribution in [3.05, 3.63) is 82.1 Å². The maximum atomic E-state index is 14.7. The first-order valence-electron chi connectivity index (χ1n) is 23.4. The molecule has 0 spiro atoms. The van der Waals surface area contributed by atoms with Crippen LogP contribution in [0.3, 0.4) is 0 Å². The number of likely N-dealkylation sites (N-methyl/N-ethyl adjacent to an activating group) is 2. The van der Waals surface area contributed by atoms with E-state index in [0.717, 1.165) is 51.1 Å². The van der Waals surface area contributed by atoms with Crippen LogP contribution < -0.4 is 10.4 Å². The molecule has 358 valence electrons. The van der Waals surface area contributed by atoms with Gasteiger partial charge in [0.1, 0.15) is 17.8 Å². The summed E-state index contributed by atoms with van der Waals surface area (Å²) >= 11 is 1.46. The number of carbonyl (C=O) groups is 5. The lowest BCUT2D eigenvalue weighted by molar-refractivity contribution is -0.155. The van der Waals surface area contributed by atoms with Gasteiger partial charge in [0.25, 0.3) is 5.91 Å². The first kappa shape index (κ1) is 47.4. The number of benzene rings is 1. The topological polar surface area (TPSA) is 172 Å². The number of rotatable bonds is 8. The van der Waals surface area contributed by atoms with E-state index < -0.39 is 50.2 Å². The number of amides is 5. The highest BCUT2D eigenvalue weighted by molar-refractivity contribution is 7.10. The van der Waals surface area contributed by atoms with Gasteiger partial charge in [-0.2, -0.15) is 0 Å². The fraction of sp³-hybridized carbons (Fsp3) is 0.500. The number of aryl methyl sites for hydroxylation is 1. The number of urea groups is 1. The summed E-state index contributed by atoms with van der Waals surface area (Å²) in [7, 11) is 4.63. The monoisotopic (exact) mass is 959 g/mol. The van der Waals surface area contributed by atoms with Crippen LogP contribution in [-0.4, -0.2) is 132 Å². The van der Waals surface area contributed by atoms with Gasteiger partial charge >= 0.3 is 12.0 Å². The lowest BCUT2D eigenvalue weighted by Gasteiger charge is -2.42. The summed E-state index contributed by atoms with van der Waals surface area (Å²) in [5, 5.41) is 5.28. The quantitative estimate of drug-likeness (QED) is 0.117. The number of aromatic nitrogens is 3. The van der Waals surface area contributed by atoms with E-state index in [9.17, 15) is 24.0 Å². The van der Waals surface area contributed by atoms with Crippen molar-refractivity contribution in [1.82, 2.24) is 44.7 Å². The Morgan fingerprint density at radius 3 is 2.66 bits per heavy atom. The van der Waals surface area contributed by atoms with Crippen molar-refractivity contribution in [3.63, 3.8) is 0 Å². The number of piperidine rings is 1. The molecule has 18 heteroatoms. The number of hydrogen-bond acceptors (Lipinski definition) is 11. The molecule has 2 radical (unpaired) electrons. The van der Waals surface area contributed by atoms with E-state index in [1.54, 1.807) is 51.0 Å². The number of fused-ring (bicyclic) bond motifs is 9. The number of nitrogens with zero attached hydrogens (tertiary/aromatic N) is 7. The maximum Gasteiger partial charge on any atom is 0.324 e. The standard InChI is InChI=1S/C50H61N9O7SSi/c1-11-38(60)55(8)35-24-58(50(7)23-31(35)50)48(64)56(9)42(27(3)4)45(61)54-68-36-22-37-52-33(25-67-37)28-17-18-34-30(21-28)39-40(44(65-10)41-29(15-13-19-51-41)43(39)57(34)12-2)49(5,6)26-66-47(63)32-16-14-20-59(53-32)46(36)62/h11,13,15,17-19,21,25,31-32,35-36,40,44,53H,1,12,14,16,20,22-24,26H2,2-10H3,(H,54,61)/t31?,32-,35-,36?,40?,44-,50-/m0/s1. The van der Waals surface area contributed by atoms with Gasteiger partial charge in [-0.25, -0.2) is 15.2 Å². The van der Waals surface area contributed by atoms with Crippen LogP contribution in [0.1, 0.15) is 89.1 Å². The van der Waals surface area contributed by atoms with Gasteiger partial charge in [0.15, 0.2) is 9.68 Å². The van der Waals surface area contributed by atoms with Crippen molar-refractivity contribution in [3.8, 4) is 22.5 Å². The van der Waals surface area contributed by atoms with Crippen LogP contribution in [0.5, 0.6) is 0 Å². The molecule has 5 aliphatic rings. The number of thiazole rings is 1. The van der Waals surface area contributed by atoms with E-state index in [2.05, 4.69) is 66.6 Å². The molecule has 4 aromatic rings. The van der Waals surface area contributed by atoms with Crippen LogP contribution >= 0.6 is 11.3 Å². The van der Waals surface area contributed by atoms with Crippen molar-refractivity contribution < 1.29 is 33.4 Å². The lowest BCUT2D eigenvalue weighted by Crippen LogP contribution is -2.57. The molecule has 2 saturated heterocycles. The van der Waals surface area contributed by atoms with Crippen LogP contribution in [0.2, 0.25) is 5.54 Å². The molecule has 68 heavy (non-hydrogen) atoms. The third-order valence-electron chi connectivity index (χ3n) is 15.0. The van der Waals surface area contributed by atoms with Gasteiger partial charge in [0, 0.05) is 104 Å². The van der Waals surface area contributed by atoms with Gasteiger partial charge in [0.2, 0.25) is 11.8 Å². The third kappa shape index (κ3) is 7.95. The lowest BCUT2D eigenvalue weighted by atomic mass is 9.67. The zero-order valence-corrected chi connectivity index (χ0v) is 42.2. The van der Waals surface area contributed by atoms with Crippen molar-refractivity contribution in [2.75, 3.05) is 40.9 Å². The van der Waals surface area contributed by atoms with E-state index in [-0.39, 0.29) is 54.4 Å². The highest BCUT2D eigenvalue weighted by Gasteiger charge is 2.66. The summed E-state index contributed by atoms with van der Waals surface area (Å²) < 4.78 is 14.9. The average molecular weight is 960 g/mol. The Labute approximate surface area is 404 Å². The molecule has 3 aliphatic heterocycles. The molecule has 1 saturated carbocycles. The molecular formula is C50H61N9O7SSi. The predicted octanol–water partition coefficient (Wildman–Crippen LogP) is 6.23. The number of methoxy groups -OCH3 is 1. The van der Waals surface area contributed by atoms with Crippen molar-refractivity contribution >= 4 is 61.6 Å². The van der Waals surface area contributed by atoms with Gasteiger partial charge in [-0.15, -0.1) is 11.3 Å². The summed E-state index contributed by atoms with van der Waals surface area (Å²) in [6.45, 7) is 17.1. The molecule has 16 nitrogen and oxygen atoms in total. The Morgan fingerprint density at radius 1 is 1.16 bits per heavy atom. The van der Waals surface area contributed by atoms with E-state index in [0.29, 0.717) is 43.1 Å². The molecule has 1 aromatic carbocycles. The summed E-state index contributed by atoms with van der Waals surface area (Å²) in [6.07, 6.45) is 4.66. The predicted molar refractivity (Wildman–Crippen MR) is 260 cm³/mol. The number of pyridine rings is 1. The second-order valence-corrected chi connectivity index (χ2v) is 22.1. The normalized spacial score (nSPS) is 26.0. The molecule has 5 amide bonds. The number of allylic oxidation sites excluding steroid dienone is 1. The molecule has 7 atom stereocenters. The first-order valence-corrected chi connectivity index (χ1v) is 25.4. The number of nitrogens with one attached hydrogen (secondary N) is 2. The van der Waals surface area contributed by atoms with Crippen LogP contribution in [0.15, 0.2) is 65.8 Å². The average Bonchev–Trinajstić information content (AvgIpc) is 3.58. The Balaban J connectivity index is 1.04. The third-order valence-corrected chi connectivity index (χ3v) is 17.0. The highest BCUT2D eigenvalue weighted by Crippen LogP contribution is 2.58. The SMILES string of the molecule is C=CC(=O)N(C)[C@H]1CN(C(=O)N(C)C(C(=O)N[Si]C2Cc3nc(cs3)-c3ccc4c(c3)c3c(n4CC)-c4cccnc4[C@@H](OC)C3C(C)(C)COC(=O)[C@@H]3CCCN(N3)C2=O)=C(C)C)[C@@]2(C)CC12. The fourth-order valence-electron chi connectivity index (χ4n) is 11.3. The van der Waals surface area contributed by atoms with Crippen LogP contribution in [0.25, 0.3) is 33.4 Å². The zero-order valence-electron chi connectivity index (χ0n) is 40.3. The van der Waals surface area contributed by atoms with Gasteiger partial charge in [-0.05, 0) is 88.4 Å². The van der Waals surface area contributed by atoms with E-state index in [4.69, 9.17) is 19.4 Å². The second kappa shape index (κ2) is 18.0.